The lowest BCUT2D eigenvalue weighted by molar-refractivity contribution is -0.155. The first kappa shape index (κ1) is 49.0. The number of carbonyl (C=O) groups is 4. The minimum atomic E-state index is -0.683. The summed E-state index contributed by atoms with van der Waals surface area (Å²) in [6.45, 7) is 18.2. The van der Waals surface area contributed by atoms with Crippen LogP contribution in [0.3, 0.4) is 0 Å². The van der Waals surface area contributed by atoms with E-state index in [-0.39, 0.29) is 90.4 Å². The second-order valence-corrected chi connectivity index (χ2v) is 12.6. The molecule has 0 bridgehead atoms. The lowest BCUT2D eigenvalue weighted by Gasteiger charge is -2.22. The molecule has 2 N–H and O–H groups in total. The molecule has 0 aliphatic carbocycles. The highest BCUT2D eigenvalue weighted by Gasteiger charge is 2.18. The molecule has 302 valence electrons. The van der Waals surface area contributed by atoms with Crippen LogP contribution in [0.2, 0.25) is 0 Å². The van der Waals surface area contributed by atoms with Crippen LogP contribution in [-0.2, 0) is 66.5 Å². The quantitative estimate of drug-likeness (QED) is 0.0314. The summed E-state index contributed by atoms with van der Waals surface area (Å²) in [5.74, 6) is -0.838. The number of rotatable bonds is 35. The van der Waals surface area contributed by atoms with Crippen molar-refractivity contribution < 1.29 is 76.8 Å². The van der Waals surface area contributed by atoms with Crippen LogP contribution >= 0.6 is 0 Å². The number of ether oxygens (including phenoxy) is 10. The van der Waals surface area contributed by atoms with E-state index in [1.165, 1.54) is 0 Å². The largest absolute Gasteiger partial charge is 0.486 e. The number of unbranched alkanes of at least 4 members (excludes halogenated alkanes) is 1. The Bertz CT molecular complexity index is 925. The van der Waals surface area contributed by atoms with Crippen LogP contribution in [0.15, 0.2) is 24.7 Å². The van der Waals surface area contributed by atoms with E-state index in [0.29, 0.717) is 25.4 Å². The number of hydrogen-bond acceptors (Lipinski definition) is 16. The van der Waals surface area contributed by atoms with E-state index in [2.05, 4.69) is 13.2 Å². The molecular weight excluding hydrogens is 688 g/mol. The number of aldehydes is 2. The topological polar surface area (TPSA) is 201 Å². The number of esters is 2. The third-order valence-electron chi connectivity index (χ3n) is 6.42. The van der Waals surface area contributed by atoms with Gasteiger partial charge < -0.3 is 57.6 Å². The molecule has 0 fully saturated rings. The number of carbonyl (C=O) groups excluding carboxylic acids is 4. The van der Waals surface area contributed by atoms with Crippen molar-refractivity contribution in [3.8, 4) is 0 Å². The normalized spacial score (nSPS) is 15.9. The Hall–Kier alpha value is -2.96. The molecule has 0 aliphatic rings. The van der Waals surface area contributed by atoms with Crippen LogP contribution in [0, 0.1) is 0 Å². The maximum atomic E-state index is 12.3. The Balaban J connectivity index is 4.32. The van der Waals surface area contributed by atoms with Crippen molar-refractivity contribution >= 4 is 24.5 Å². The first-order valence-corrected chi connectivity index (χ1v) is 17.6. The van der Waals surface area contributed by atoms with Gasteiger partial charge in [-0.3, -0.25) is 19.2 Å². The van der Waals surface area contributed by atoms with Crippen LogP contribution in [0.5, 0.6) is 0 Å². The summed E-state index contributed by atoms with van der Waals surface area (Å²) in [5, 5.41) is 19.1. The predicted molar refractivity (Wildman–Crippen MR) is 187 cm³/mol. The van der Waals surface area contributed by atoms with Gasteiger partial charge in [-0.05, 0) is 54.4 Å². The van der Waals surface area contributed by atoms with E-state index in [0.717, 1.165) is 0 Å². The van der Waals surface area contributed by atoms with Gasteiger partial charge in [0.2, 0.25) is 0 Å². The fraction of sp³-hybridized carbons (Fsp3) is 0.778. The highest BCUT2D eigenvalue weighted by molar-refractivity contribution is 5.71. The van der Waals surface area contributed by atoms with E-state index in [4.69, 9.17) is 47.4 Å². The van der Waals surface area contributed by atoms with Gasteiger partial charge in [0.25, 0.3) is 0 Å². The third kappa shape index (κ3) is 29.6. The van der Waals surface area contributed by atoms with Gasteiger partial charge in [0.1, 0.15) is 36.6 Å². The molecule has 0 aromatic carbocycles. The lowest BCUT2D eigenvalue weighted by Crippen LogP contribution is -2.32. The summed E-state index contributed by atoms with van der Waals surface area (Å²) in [6.07, 6.45) is -2.12. The SMILES string of the molecule is C=C(C=O)OC(C)COCC(COCC(C)OC(=O)CCCCC(=O)OC(C)COCC(COCC(C)OC(=C)C=O)OCC(C)O)OCC(C)O. The molecular formula is C36H62O16. The van der Waals surface area contributed by atoms with Crippen LogP contribution in [0.1, 0.15) is 67.2 Å². The molecule has 0 radical (unpaired) electrons. The minimum Gasteiger partial charge on any atom is -0.486 e. The van der Waals surface area contributed by atoms with Gasteiger partial charge in [0, 0.05) is 12.8 Å². The van der Waals surface area contributed by atoms with Gasteiger partial charge >= 0.3 is 11.9 Å². The van der Waals surface area contributed by atoms with Gasteiger partial charge in [0.15, 0.2) is 24.1 Å². The van der Waals surface area contributed by atoms with Crippen LogP contribution in [0.4, 0.5) is 0 Å². The molecule has 16 heteroatoms. The molecule has 0 aromatic heterocycles. The first-order chi connectivity index (χ1) is 24.6. The number of aliphatic hydroxyl groups excluding tert-OH is 2. The van der Waals surface area contributed by atoms with Gasteiger partial charge in [-0.2, -0.15) is 0 Å². The van der Waals surface area contributed by atoms with Crippen molar-refractivity contribution in [3.05, 3.63) is 24.7 Å². The molecule has 0 aliphatic heterocycles. The summed E-state index contributed by atoms with van der Waals surface area (Å²) in [5.41, 5.74) is 0. The Kier molecular flexibility index (Phi) is 28.8. The van der Waals surface area contributed by atoms with Gasteiger partial charge in [0.05, 0.1) is 78.3 Å². The van der Waals surface area contributed by atoms with Crippen molar-refractivity contribution in [2.24, 2.45) is 0 Å². The summed E-state index contributed by atoms with van der Waals surface area (Å²) in [7, 11) is 0. The average Bonchev–Trinajstić information content (AvgIpc) is 3.07. The molecule has 8 atom stereocenters. The van der Waals surface area contributed by atoms with Gasteiger partial charge in [-0.25, -0.2) is 0 Å². The monoisotopic (exact) mass is 750 g/mol. The highest BCUT2D eigenvalue weighted by Crippen LogP contribution is 2.08. The molecule has 0 aromatic rings. The Morgan fingerprint density at radius 1 is 0.500 bits per heavy atom. The molecule has 52 heavy (non-hydrogen) atoms. The third-order valence-corrected chi connectivity index (χ3v) is 6.42. The maximum absolute atomic E-state index is 12.3. The van der Waals surface area contributed by atoms with E-state index in [1.807, 2.05) is 0 Å². The standard InChI is InChI=1S/C36H62O16/c1-25(39)15-47-33(21-43-17-29(5)49-27(3)13-37)23-45-19-31(7)51-35(41)11-9-10-12-36(42)52-32(8)20-46-24-34(48-16-26(2)40)22-44-18-30(6)50-28(4)14-38/h13-14,25-26,29-34,39-40H,3-4,9-12,15-24H2,1-2,5-8H3. The highest BCUT2D eigenvalue weighted by atomic mass is 16.6. The van der Waals surface area contributed by atoms with Gasteiger partial charge in [-0.15, -0.1) is 0 Å². The van der Waals surface area contributed by atoms with Crippen molar-refractivity contribution in [3.63, 3.8) is 0 Å². The fourth-order valence-electron chi connectivity index (χ4n) is 4.11. The first-order valence-electron chi connectivity index (χ1n) is 17.6. The number of aliphatic hydroxyl groups is 2. The zero-order valence-electron chi connectivity index (χ0n) is 31.7. The summed E-state index contributed by atoms with van der Waals surface area (Å²) < 4.78 is 55.1. The van der Waals surface area contributed by atoms with Crippen molar-refractivity contribution in [2.75, 3.05) is 66.1 Å². The van der Waals surface area contributed by atoms with Crippen molar-refractivity contribution in [1.82, 2.24) is 0 Å². The summed E-state index contributed by atoms with van der Waals surface area (Å²) >= 11 is 0. The zero-order valence-corrected chi connectivity index (χ0v) is 31.7. The lowest BCUT2D eigenvalue weighted by atomic mass is 10.2. The van der Waals surface area contributed by atoms with Gasteiger partial charge in [-0.1, -0.05) is 13.2 Å². The molecule has 0 heterocycles. The molecule has 0 saturated heterocycles. The van der Waals surface area contributed by atoms with Crippen molar-refractivity contribution in [1.29, 1.82) is 0 Å². The smallest absolute Gasteiger partial charge is 0.306 e. The predicted octanol–water partition coefficient (Wildman–Crippen LogP) is 2.24. The van der Waals surface area contributed by atoms with E-state index < -0.39 is 60.8 Å². The maximum Gasteiger partial charge on any atom is 0.306 e. The second kappa shape index (κ2) is 30.5. The average molecular weight is 751 g/mol. The molecule has 8 unspecified atom stereocenters. The minimum absolute atomic E-state index is 0.00514. The van der Waals surface area contributed by atoms with E-state index >= 15 is 0 Å². The summed E-state index contributed by atoms with van der Waals surface area (Å²) in [4.78, 5) is 45.9. The van der Waals surface area contributed by atoms with Crippen molar-refractivity contribution in [2.45, 2.75) is 116 Å². The second-order valence-electron chi connectivity index (χ2n) is 12.6. The van der Waals surface area contributed by atoms with Crippen LogP contribution in [-0.4, -0.2) is 150 Å². The van der Waals surface area contributed by atoms with Crippen LogP contribution < -0.4 is 0 Å². The molecule has 0 saturated carbocycles. The van der Waals surface area contributed by atoms with Crippen LogP contribution in [0.25, 0.3) is 0 Å². The number of allylic oxidation sites excluding steroid dienone is 2. The van der Waals surface area contributed by atoms with E-state index in [9.17, 15) is 29.4 Å². The molecule has 16 nitrogen and oxygen atoms in total. The number of hydrogen-bond donors (Lipinski definition) is 2. The zero-order chi connectivity index (χ0) is 39.3. The van der Waals surface area contributed by atoms with E-state index in [1.54, 1.807) is 41.5 Å². The Morgan fingerprint density at radius 3 is 1.06 bits per heavy atom. The molecule has 0 rings (SSSR count). The molecule has 0 spiro atoms. The Labute approximate surface area is 308 Å². The molecule has 0 amide bonds. The summed E-state index contributed by atoms with van der Waals surface area (Å²) in [6, 6.07) is 0. The Morgan fingerprint density at radius 2 is 0.788 bits per heavy atom. The fourth-order valence-corrected chi connectivity index (χ4v) is 4.11.